The molecule has 4 N–H and O–H groups in total. The van der Waals surface area contributed by atoms with Crippen molar-refractivity contribution in [1.82, 2.24) is 24.6 Å². The molecule has 15 heteroatoms. The number of thiazole rings is 1. The van der Waals surface area contributed by atoms with Crippen molar-refractivity contribution in [3.05, 3.63) is 89.3 Å². The van der Waals surface area contributed by atoms with E-state index in [-0.39, 0.29) is 29.3 Å². The summed E-state index contributed by atoms with van der Waals surface area (Å²) in [6.45, 7) is 6.62. The molecule has 0 aliphatic carbocycles. The molecule has 0 radical (unpaired) electrons. The van der Waals surface area contributed by atoms with Crippen LogP contribution in [-0.2, 0) is 21.4 Å². The highest BCUT2D eigenvalue weighted by atomic mass is 35.5. The van der Waals surface area contributed by atoms with Gasteiger partial charge in [-0.05, 0) is 24.3 Å². The number of carbonyl (C=O) groups is 2. The van der Waals surface area contributed by atoms with E-state index >= 15 is 0 Å². The maximum absolute atomic E-state index is 13.0. The fraction of sp³-hybridized carbons (Fsp3) is 0.235. The molecule has 6 aromatic rings. The zero-order valence-corrected chi connectivity index (χ0v) is 28.7. The Morgan fingerprint density at radius 2 is 1.84 bits per heavy atom. The Morgan fingerprint density at radius 1 is 1.02 bits per heavy atom. The summed E-state index contributed by atoms with van der Waals surface area (Å²) >= 11 is 7.61. The average molecular weight is 704 g/mol. The molecule has 0 saturated carbocycles. The molecule has 0 atom stereocenters. The van der Waals surface area contributed by atoms with Gasteiger partial charge in [-0.1, -0.05) is 74.0 Å². The number of anilines is 1. The number of rotatable bonds is 10. The summed E-state index contributed by atoms with van der Waals surface area (Å²) in [5, 5.41) is 20.9. The number of aromatic nitrogens is 4. The van der Waals surface area contributed by atoms with Gasteiger partial charge in [-0.25, -0.2) is 20.0 Å². The van der Waals surface area contributed by atoms with Gasteiger partial charge in [0.15, 0.2) is 10.8 Å². The van der Waals surface area contributed by atoms with E-state index in [4.69, 9.17) is 25.8 Å². The van der Waals surface area contributed by atoms with Crippen LogP contribution in [0.25, 0.3) is 26.3 Å². The molecular formula is C34H34ClN7O6S. The number of phenolic OH excluding ortho intramolecular Hbond substituents is 1. The molecule has 0 aliphatic heterocycles. The number of phenols is 1. The summed E-state index contributed by atoms with van der Waals surface area (Å²) in [6, 6.07) is 17.7. The number of aromatic hydroxyl groups is 1. The fourth-order valence-electron chi connectivity index (χ4n) is 5.07. The Balaban J connectivity index is 1.12. The standard InChI is InChI=1S/C34H34ClN7O6S/c1-34(2,3)30-23(22-9-7-10-24(35)29(22)43)18-42(39-30)40-31(44)36-17-20-8-5-6-11-26(20)48-21-12-13-25-27(16-21)49-32-37-28(19-41(25)32)38-33(45)47-15-14-46-4/h5-13,16,18-19,43H,14-15,17H2,1-4H3,(H,38,45)(H2,36,40,44). The fourth-order valence-corrected chi connectivity index (χ4v) is 6.28. The number of urea groups is 1. The first-order chi connectivity index (χ1) is 23.5. The summed E-state index contributed by atoms with van der Waals surface area (Å²) in [7, 11) is 1.53. The third kappa shape index (κ3) is 7.56. The zero-order chi connectivity index (χ0) is 34.7. The van der Waals surface area contributed by atoms with Gasteiger partial charge in [0.05, 0.1) is 39.9 Å². The van der Waals surface area contributed by atoms with Crippen LogP contribution < -0.4 is 20.8 Å². The molecule has 13 nitrogen and oxygen atoms in total. The van der Waals surface area contributed by atoms with E-state index in [2.05, 4.69) is 26.1 Å². The lowest BCUT2D eigenvalue weighted by Crippen LogP contribution is -2.34. The molecule has 0 aliphatic rings. The Bertz CT molecular complexity index is 2150. The third-order valence-corrected chi connectivity index (χ3v) is 8.70. The van der Waals surface area contributed by atoms with Crippen LogP contribution in [-0.4, -0.2) is 56.8 Å². The van der Waals surface area contributed by atoms with Crippen molar-refractivity contribution in [3.63, 3.8) is 0 Å². The van der Waals surface area contributed by atoms with Crippen LogP contribution >= 0.6 is 22.9 Å². The van der Waals surface area contributed by atoms with Crippen LogP contribution in [0.2, 0.25) is 5.02 Å². The van der Waals surface area contributed by atoms with Gasteiger partial charge < -0.3 is 24.6 Å². The van der Waals surface area contributed by atoms with E-state index in [1.54, 1.807) is 30.6 Å². The third-order valence-electron chi connectivity index (χ3n) is 7.37. The maximum atomic E-state index is 13.0. The van der Waals surface area contributed by atoms with Crippen molar-refractivity contribution in [1.29, 1.82) is 0 Å². The van der Waals surface area contributed by atoms with Crippen molar-refractivity contribution in [2.45, 2.75) is 32.7 Å². The number of nitrogens with zero attached hydrogens (tertiary/aromatic N) is 4. The first-order valence-corrected chi connectivity index (χ1v) is 16.4. The quantitative estimate of drug-likeness (QED) is 0.107. The Morgan fingerprint density at radius 3 is 2.63 bits per heavy atom. The lowest BCUT2D eigenvalue weighted by atomic mass is 9.87. The number of imidazole rings is 1. The van der Waals surface area contributed by atoms with Gasteiger partial charge in [-0.15, -0.1) is 0 Å². The number of nitrogens with one attached hydrogen (secondary N) is 3. The van der Waals surface area contributed by atoms with E-state index in [1.807, 2.05) is 67.6 Å². The van der Waals surface area contributed by atoms with E-state index in [9.17, 15) is 14.7 Å². The molecule has 3 amide bonds. The molecule has 6 rings (SSSR count). The maximum Gasteiger partial charge on any atom is 0.412 e. The normalized spacial score (nSPS) is 11.5. The topological polar surface area (TPSA) is 153 Å². The smallest absolute Gasteiger partial charge is 0.412 e. The second kappa shape index (κ2) is 14.0. The number of benzene rings is 3. The second-order valence-electron chi connectivity index (χ2n) is 12.0. The summed E-state index contributed by atoms with van der Waals surface area (Å²) in [5.74, 6) is 1.51. The highest BCUT2D eigenvalue weighted by molar-refractivity contribution is 7.23. The van der Waals surface area contributed by atoms with Gasteiger partial charge in [0.2, 0.25) is 0 Å². The monoisotopic (exact) mass is 703 g/mol. The summed E-state index contributed by atoms with van der Waals surface area (Å²) in [6.07, 6.45) is 2.78. The largest absolute Gasteiger partial charge is 0.506 e. The molecule has 3 aromatic heterocycles. The van der Waals surface area contributed by atoms with Crippen molar-refractivity contribution in [2.24, 2.45) is 0 Å². The van der Waals surface area contributed by atoms with Crippen molar-refractivity contribution in [3.8, 4) is 28.4 Å². The summed E-state index contributed by atoms with van der Waals surface area (Å²) in [5.41, 5.74) is 5.84. The van der Waals surface area contributed by atoms with Crippen LogP contribution in [0.4, 0.5) is 15.4 Å². The summed E-state index contributed by atoms with van der Waals surface area (Å²) < 4.78 is 19.0. The first kappa shape index (κ1) is 33.6. The molecule has 3 aromatic carbocycles. The van der Waals surface area contributed by atoms with Gasteiger partial charge in [-0.3, -0.25) is 9.72 Å². The van der Waals surface area contributed by atoms with Crippen LogP contribution in [0.5, 0.6) is 17.2 Å². The first-order valence-electron chi connectivity index (χ1n) is 15.2. The van der Waals surface area contributed by atoms with Crippen molar-refractivity contribution in [2.75, 3.05) is 31.1 Å². The number of halogens is 1. The van der Waals surface area contributed by atoms with E-state index in [0.717, 1.165) is 15.8 Å². The van der Waals surface area contributed by atoms with Crippen LogP contribution in [0.3, 0.4) is 0 Å². The lowest BCUT2D eigenvalue weighted by molar-refractivity contribution is 0.107. The van der Waals surface area contributed by atoms with Gasteiger partial charge in [-0.2, -0.15) is 9.89 Å². The highest BCUT2D eigenvalue weighted by Gasteiger charge is 2.26. The van der Waals surface area contributed by atoms with Crippen LogP contribution in [0.15, 0.2) is 73.1 Å². The van der Waals surface area contributed by atoms with Crippen LogP contribution in [0.1, 0.15) is 32.0 Å². The number of amides is 3. The molecule has 254 valence electrons. The Kier molecular flexibility index (Phi) is 9.62. The molecule has 0 fully saturated rings. The van der Waals surface area contributed by atoms with Crippen molar-refractivity contribution >= 4 is 56.1 Å². The Labute approximate surface area is 290 Å². The number of fused-ring (bicyclic) bond motifs is 3. The van der Waals surface area contributed by atoms with E-state index in [1.165, 1.54) is 23.2 Å². The predicted molar refractivity (Wildman–Crippen MR) is 189 cm³/mol. The summed E-state index contributed by atoms with van der Waals surface area (Å²) in [4.78, 5) is 31.5. The zero-order valence-electron chi connectivity index (χ0n) is 27.1. The molecule has 0 unspecified atom stereocenters. The number of hydrogen-bond donors (Lipinski definition) is 4. The molecule has 49 heavy (non-hydrogen) atoms. The molecule has 0 spiro atoms. The number of methoxy groups -OCH3 is 1. The van der Waals surface area contributed by atoms with Gasteiger partial charge in [0.25, 0.3) is 0 Å². The average Bonchev–Trinajstić information content (AvgIpc) is 3.75. The van der Waals surface area contributed by atoms with Gasteiger partial charge in [0, 0.05) is 41.8 Å². The van der Waals surface area contributed by atoms with Crippen molar-refractivity contribution < 1.29 is 28.9 Å². The minimum atomic E-state index is -0.603. The van der Waals surface area contributed by atoms with Crippen LogP contribution in [0, 0.1) is 0 Å². The highest BCUT2D eigenvalue weighted by Crippen LogP contribution is 2.39. The minimum absolute atomic E-state index is 0.0529. The molecule has 0 saturated heterocycles. The number of carbonyl (C=O) groups excluding carboxylic acids is 2. The predicted octanol–water partition coefficient (Wildman–Crippen LogP) is 7.51. The minimum Gasteiger partial charge on any atom is -0.506 e. The molecule has 0 bridgehead atoms. The SMILES string of the molecule is COCCOC(=O)Nc1cn2c(n1)sc1cc(Oc3ccccc3CNC(=O)Nn3cc(-c4cccc(Cl)c4O)c(C(C)(C)C)n3)ccc12. The van der Waals surface area contributed by atoms with E-state index in [0.29, 0.717) is 45.7 Å². The second-order valence-corrected chi connectivity index (χ2v) is 13.4. The number of ether oxygens (including phenoxy) is 3. The molecular weight excluding hydrogens is 670 g/mol. The lowest BCUT2D eigenvalue weighted by Gasteiger charge is -2.18. The van der Waals surface area contributed by atoms with Gasteiger partial charge in [0.1, 0.15) is 23.9 Å². The molecule has 3 heterocycles. The van der Waals surface area contributed by atoms with E-state index < -0.39 is 12.1 Å². The Hall–Kier alpha value is -5.31. The van der Waals surface area contributed by atoms with Gasteiger partial charge >= 0.3 is 12.1 Å². The number of para-hydroxylation sites is 2. The number of hydrogen-bond acceptors (Lipinski definition) is 9.